The van der Waals surface area contributed by atoms with Crippen molar-refractivity contribution in [2.24, 2.45) is 0 Å². The predicted octanol–water partition coefficient (Wildman–Crippen LogP) is 5.02. The SMILES string of the molecule is CCOC(=O)c1c(NC(=O)/C(C#N)=C/c2cc(Cl)c(OC)c(OC)c2)sc2c1CCCC2. The van der Waals surface area contributed by atoms with Gasteiger partial charge < -0.3 is 19.5 Å². The molecule has 1 heterocycles. The molecule has 168 valence electrons. The number of halogens is 1. The number of carbonyl (C=O) groups excluding carboxylic acids is 2. The molecule has 0 aliphatic heterocycles. The molecule has 0 fully saturated rings. The third-order valence-electron chi connectivity index (χ3n) is 5.01. The summed E-state index contributed by atoms with van der Waals surface area (Å²) < 4.78 is 15.7. The van der Waals surface area contributed by atoms with Crippen LogP contribution in [0.1, 0.15) is 46.1 Å². The highest BCUT2D eigenvalue weighted by Gasteiger charge is 2.27. The Labute approximate surface area is 195 Å². The number of benzene rings is 1. The standard InChI is InChI=1S/C23H23ClN2O5S/c1-4-31-23(28)19-15-7-5-6-8-18(15)32-22(19)26-21(27)14(12-25)9-13-10-16(24)20(30-3)17(11-13)29-2/h9-11H,4-8H2,1-3H3,(H,26,27)/b14-9+. The van der Waals surface area contributed by atoms with Gasteiger partial charge in [0.2, 0.25) is 0 Å². The topological polar surface area (TPSA) is 97.7 Å². The van der Waals surface area contributed by atoms with Crippen molar-refractivity contribution in [3.63, 3.8) is 0 Å². The highest BCUT2D eigenvalue weighted by molar-refractivity contribution is 7.17. The molecule has 1 aliphatic rings. The second-order valence-electron chi connectivity index (χ2n) is 7.00. The van der Waals surface area contributed by atoms with Crippen LogP contribution in [0.4, 0.5) is 5.00 Å². The van der Waals surface area contributed by atoms with E-state index in [0.29, 0.717) is 27.6 Å². The van der Waals surface area contributed by atoms with Crippen molar-refractivity contribution >= 4 is 45.9 Å². The fourth-order valence-corrected chi connectivity index (χ4v) is 5.15. The molecule has 7 nitrogen and oxygen atoms in total. The van der Waals surface area contributed by atoms with Gasteiger partial charge in [-0.15, -0.1) is 11.3 Å². The van der Waals surface area contributed by atoms with E-state index < -0.39 is 11.9 Å². The molecule has 0 radical (unpaired) electrons. The zero-order valence-corrected chi connectivity index (χ0v) is 19.6. The summed E-state index contributed by atoms with van der Waals surface area (Å²) in [5, 5.41) is 13.0. The predicted molar refractivity (Wildman–Crippen MR) is 124 cm³/mol. The quantitative estimate of drug-likeness (QED) is 0.343. The van der Waals surface area contributed by atoms with Crippen molar-refractivity contribution in [1.82, 2.24) is 0 Å². The van der Waals surface area contributed by atoms with Gasteiger partial charge in [0.15, 0.2) is 11.5 Å². The zero-order valence-electron chi connectivity index (χ0n) is 18.0. The van der Waals surface area contributed by atoms with Gasteiger partial charge in [-0.05, 0) is 61.9 Å². The third-order valence-corrected chi connectivity index (χ3v) is 6.50. The maximum atomic E-state index is 12.9. The molecule has 0 spiro atoms. The van der Waals surface area contributed by atoms with Crippen LogP contribution in [-0.4, -0.2) is 32.7 Å². The molecule has 1 N–H and O–H groups in total. The Morgan fingerprint density at radius 1 is 1.25 bits per heavy atom. The van der Waals surface area contributed by atoms with Gasteiger partial charge in [0.1, 0.15) is 16.6 Å². The van der Waals surface area contributed by atoms with E-state index in [1.165, 1.54) is 31.6 Å². The summed E-state index contributed by atoms with van der Waals surface area (Å²) in [6, 6.07) is 5.10. The van der Waals surface area contributed by atoms with Crippen molar-refractivity contribution in [2.75, 3.05) is 26.1 Å². The lowest BCUT2D eigenvalue weighted by Gasteiger charge is -2.12. The Bertz CT molecular complexity index is 1120. The average Bonchev–Trinajstić information content (AvgIpc) is 3.14. The minimum atomic E-state index is -0.623. The van der Waals surface area contributed by atoms with Crippen molar-refractivity contribution in [2.45, 2.75) is 32.6 Å². The number of methoxy groups -OCH3 is 2. The van der Waals surface area contributed by atoms with Crippen LogP contribution in [0, 0.1) is 11.3 Å². The molecule has 0 unspecified atom stereocenters. The molecule has 0 atom stereocenters. The second kappa shape index (κ2) is 10.5. The summed E-state index contributed by atoms with van der Waals surface area (Å²) in [6.45, 7) is 1.97. The first-order valence-electron chi connectivity index (χ1n) is 10.1. The number of thiophene rings is 1. The molecule has 1 amide bonds. The van der Waals surface area contributed by atoms with Crippen LogP contribution in [0.3, 0.4) is 0 Å². The summed E-state index contributed by atoms with van der Waals surface area (Å²) in [7, 11) is 2.93. The van der Waals surface area contributed by atoms with Crippen molar-refractivity contribution < 1.29 is 23.8 Å². The molecular formula is C23H23ClN2O5S. The first-order chi connectivity index (χ1) is 15.4. The Hall–Kier alpha value is -3.02. The highest BCUT2D eigenvalue weighted by atomic mass is 35.5. The number of nitrogens with one attached hydrogen (secondary N) is 1. The smallest absolute Gasteiger partial charge is 0.341 e. The maximum absolute atomic E-state index is 12.9. The summed E-state index contributed by atoms with van der Waals surface area (Å²) in [4.78, 5) is 26.6. The van der Waals surface area contributed by atoms with E-state index in [1.807, 2.05) is 6.07 Å². The third kappa shape index (κ3) is 4.90. The summed E-state index contributed by atoms with van der Waals surface area (Å²) in [5.41, 5.74) is 1.68. The number of aryl methyl sites for hydroxylation is 1. The monoisotopic (exact) mass is 474 g/mol. The summed E-state index contributed by atoms with van der Waals surface area (Å²) in [5.74, 6) is -0.351. The average molecular weight is 475 g/mol. The fourth-order valence-electron chi connectivity index (χ4n) is 3.58. The van der Waals surface area contributed by atoms with Crippen LogP contribution in [-0.2, 0) is 22.4 Å². The first-order valence-corrected chi connectivity index (χ1v) is 11.3. The molecule has 1 aliphatic carbocycles. The van der Waals surface area contributed by atoms with Gasteiger partial charge in [-0.3, -0.25) is 4.79 Å². The maximum Gasteiger partial charge on any atom is 0.341 e. The molecule has 1 aromatic carbocycles. The number of carbonyl (C=O) groups is 2. The van der Waals surface area contributed by atoms with Gasteiger partial charge in [0.25, 0.3) is 5.91 Å². The summed E-state index contributed by atoms with van der Waals surface area (Å²) in [6.07, 6.45) is 5.04. The number of hydrogen-bond donors (Lipinski definition) is 1. The van der Waals surface area contributed by atoms with Crippen LogP contribution in [0.15, 0.2) is 17.7 Å². The van der Waals surface area contributed by atoms with Gasteiger partial charge in [0.05, 0.1) is 31.4 Å². The molecule has 0 saturated carbocycles. The van der Waals surface area contributed by atoms with Gasteiger partial charge in [-0.25, -0.2) is 4.79 Å². The van der Waals surface area contributed by atoms with E-state index in [-0.39, 0.29) is 17.2 Å². The van der Waals surface area contributed by atoms with Gasteiger partial charge >= 0.3 is 5.97 Å². The Morgan fingerprint density at radius 2 is 2.00 bits per heavy atom. The van der Waals surface area contributed by atoms with Crippen LogP contribution < -0.4 is 14.8 Å². The molecule has 1 aromatic heterocycles. The van der Waals surface area contributed by atoms with Crippen molar-refractivity contribution in [1.29, 1.82) is 5.26 Å². The van der Waals surface area contributed by atoms with E-state index in [9.17, 15) is 14.9 Å². The van der Waals surface area contributed by atoms with Crippen molar-refractivity contribution in [3.05, 3.63) is 44.3 Å². The van der Waals surface area contributed by atoms with Crippen LogP contribution >= 0.6 is 22.9 Å². The zero-order chi connectivity index (χ0) is 23.3. The van der Waals surface area contributed by atoms with Crippen molar-refractivity contribution in [3.8, 4) is 17.6 Å². The van der Waals surface area contributed by atoms with Crippen LogP contribution in [0.25, 0.3) is 6.08 Å². The minimum absolute atomic E-state index is 0.144. The van der Waals surface area contributed by atoms with Gasteiger partial charge in [-0.2, -0.15) is 5.26 Å². The molecule has 32 heavy (non-hydrogen) atoms. The van der Waals surface area contributed by atoms with E-state index in [1.54, 1.807) is 19.1 Å². The largest absolute Gasteiger partial charge is 0.493 e. The van der Waals surface area contributed by atoms with Gasteiger partial charge in [0, 0.05) is 4.88 Å². The molecule has 2 aromatic rings. The number of rotatable bonds is 7. The number of hydrogen-bond acceptors (Lipinski definition) is 7. The van der Waals surface area contributed by atoms with Crippen LogP contribution in [0.2, 0.25) is 5.02 Å². The Morgan fingerprint density at radius 3 is 2.66 bits per heavy atom. The number of amides is 1. The van der Waals surface area contributed by atoms with Crippen LogP contribution in [0.5, 0.6) is 11.5 Å². The lowest BCUT2D eigenvalue weighted by atomic mass is 9.95. The van der Waals surface area contributed by atoms with E-state index in [2.05, 4.69) is 5.32 Å². The lowest BCUT2D eigenvalue weighted by molar-refractivity contribution is -0.112. The molecule has 0 saturated heterocycles. The molecule has 9 heteroatoms. The number of nitriles is 1. The fraction of sp³-hybridized carbons (Fsp3) is 0.348. The number of ether oxygens (including phenoxy) is 3. The second-order valence-corrected chi connectivity index (χ2v) is 8.51. The normalized spacial score (nSPS) is 13.0. The summed E-state index contributed by atoms with van der Waals surface area (Å²) >= 11 is 7.59. The van der Waals surface area contributed by atoms with E-state index in [0.717, 1.165) is 36.1 Å². The Kier molecular flexibility index (Phi) is 7.78. The first kappa shape index (κ1) is 23.6. The number of esters is 1. The molecule has 0 bridgehead atoms. The Balaban J connectivity index is 1.94. The number of fused-ring (bicyclic) bond motifs is 1. The minimum Gasteiger partial charge on any atom is -0.493 e. The molecular weight excluding hydrogens is 452 g/mol. The molecule has 3 rings (SSSR count). The highest BCUT2D eigenvalue weighted by Crippen LogP contribution is 2.39. The van der Waals surface area contributed by atoms with Gasteiger partial charge in [-0.1, -0.05) is 11.6 Å². The number of nitrogens with zero attached hydrogens (tertiary/aromatic N) is 1. The van der Waals surface area contributed by atoms with E-state index in [4.69, 9.17) is 25.8 Å². The lowest BCUT2D eigenvalue weighted by Crippen LogP contribution is -2.16. The van der Waals surface area contributed by atoms with E-state index >= 15 is 0 Å². The number of anilines is 1.